The summed E-state index contributed by atoms with van der Waals surface area (Å²) in [6, 6.07) is 4.34. The molecule has 132 valence electrons. The normalized spacial score (nSPS) is 10.2. The summed E-state index contributed by atoms with van der Waals surface area (Å²) in [5.41, 5.74) is -4.39. The van der Waals surface area contributed by atoms with Crippen LogP contribution in [0.5, 0.6) is 0 Å². The van der Waals surface area contributed by atoms with Gasteiger partial charge in [-0.2, -0.15) is 0 Å². The van der Waals surface area contributed by atoms with Crippen LogP contribution in [0.1, 0.15) is 15.9 Å². The Morgan fingerprint density at radius 2 is 0.962 bits per heavy atom. The van der Waals surface area contributed by atoms with E-state index in [1.807, 2.05) is 0 Å². The summed E-state index contributed by atoms with van der Waals surface area (Å²) in [4.78, 5) is 52.2. The quantitative estimate of drug-likeness (QED) is 0.422. The van der Waals surface area contributed by atoms with Crippen molar-refractivity contribution >= 4 is 28.5 Å². The summed E-state index contributed by atoms with van der Waals surface area (Å²) in [5.74, 6) is -1.17. The molecule has 0 aliphatic heterocycles. The van der Waals surface area contributed by atoms with Gasteiger partial charge in [-0.15, -0.1) is 0 Å². The minimum Gasteiger partial charge on any atom is -0.288 e. The molecule has 0 fully saturated rings. The van der Waals surface area contributed by atoms with Crippen molar-refractivity contribution in [1.82, 2.24) is 0 Å². The first-order valence-corrected chi connectivity index (χ1v) is 6.54. The molecule has 0 aliphatic carbocycles. The van der Waals surface area contributed by atoms with Crippen molar-refractivity contribution in [2.24, 2.45) is 0 Å². The van der Waals surface area contributed by atoms with Crippen LogP contribution < -0.4 is 0 Å². The molecule has 0 amide bonds. The van der Waals surface area contributed by atoms with Crippen molar-refractivity contribution in [1.29, 1.82) is 0 Å². The number of nitrogens with zero attached hydrogens (tertiary/aromatic N) is 4. The minimum absolute atomic E-state index is 0.546. The molecule has 26 heavy (non-hydrogen) atoms. The Morgan fingerprint density at radius 3 is 1.23 bits per heavy atom. The Labute approximate surface area is 142 Å². The van der Waals surface area contributed by atoms with Crippen molar-refractivity contribution in [3.63, 3.8) is 0 Å². The van der Waals surface area contributed by atoms with Crippen molar-refractivity contribution in [2.45, 2.75) is 0 Å². The van der Waals surface area contributed by atoms with Gasteiger partial charge in [0.25, 0.3) is 22.7 Å². The summed E-state index contributed by atoms with van der Waals surface area (Å²) in [6.07, 6.45) is 0. The maximum absolute atomic E-state index is 12.5. The van der Waals surface area contributed by atoms with Gasteiger partial charge in [0, 0.05) is 12.1 Å². The fourth-order valence-electron chi connectivity index (χ4n) is 2.10. The van der Waals surface area contributed by atoms with Gasteiger partial charge in [0.05, 0.1) is 31.8 Å². The highest BCUT2D eigenvalue weighted by atomic mass is 16.6. The number of ketones is 1. The van der Waals surface area contributed by atoms with Crippen LogP contribution in [0.25, 0.3) is 0 Å². The van der Waals surface area contributed by atoms with E-state index in [0.717, 1.165) is 24.3 Å². The van der Waals surface area contributed by atoms with Crippen molar-refractivity contribution < 1.29 is 24.5 Å². The average molecular weight is 362 g/mol. The Bertz CT molecular complexity index is 908. The topological polar surface area (TPSA) is 190 Å². The van der Waals surface area contributed by atoms with Crippen LogP contribution in [0.3, 0.4) is 0 Å². The predicted molar refractivity (Wildman–Crippen MR) is 82.9 cm³/mol. The van der Waals surface area contributed by atoms with Gasteiger partial charge in [0.2, 0.25) is 5.78 Å². The number of nitro benzene ring substituents is 4. The number of carbonyl (C=O) groups is 1. The molecule has 0 saturated carbocycles. The van der Waals surface area contributed by atoms with E-state index in [-0.39, 0.29) is 0 Å². The molecule has 0 atom stereocenters. The van der Waals surface area contributed by atoms with Crippen LogP contribution in [-0.2, 0) is 0 Å². The number of hydrogen-bond acceptors (Lipinski definition) is 9. The molecule has 2 rings (SSSR count). The van der Waals surface area contributed by atoms with E-state index >= 15 is 0 Å². The first-order valence-electron chi connectivity index (χ1n) is 6.54. The first kappa shape index (κ1) is 18.1. The molecule has 13 heteroatoms. The molecule has 0 saturated heterocycles. The third-order valence-electron chi connectivity index (χ3n) is 3.27. The Kier molecular flexibility index (Phi) is 4.64. The summed E-state index contributed by atoms with van der Waals surface area (Å²) < 4.78 is 0. The van der Waals surface area contributed by atoms with Crippen LogP contribution >= 0.6 is 0 Å². The Balaban J connectivity index is 2.66. The maximum Gasteiger partial charge on any atom is 0.287 e. The van der Waals surface area contributed by atoms with E-state index in [2.05, 4.69) is 0 Å². The van der Waals surface area contributed by atoms with Crippen molar-refractivity contribution in [2.75, 3.05) is 0 Å². The van der Waals surface area contributed by atoms with Gasteiger partial charge in [-0.1, -0.05) is 0 Å². The third kappa shape index (κ3) is 3.30. The smallest absolute Gasteiger partial charge is 0.287 e. The lowest BCUT2D eigenvalue weighted by Gasteiger charge is -2.04. The number of rotatable bonds is 6. The highest BCUT2D eigenvalue weighted by molar-refractivity contribution is 6.14. The molecule has 2 aromatic carbocycles. The monoisotopic (exact) mass is 362 g/mol. The van der Waals surface area contributed by atoms with E-state index in [1.54, 1.807) is 0 Å². The molecular formula is C13H6N4O9. The molecule has 0 aliphatic rings. The van der Waals surface area contributed by atoms with Gasteiger partial charge in [0.15, 0.2) is 0 Å². The Hall–Kier alpha value is -4.29. The van der Waals surface area contributed by atoms with E-state index in [0.29, 0.717) is 12.1 Å². The zero-order valence-electron chi connectivity index (χ0n) is 12.4. The van der Waals surface area contributed by atoms with Crippen LogP contribution in [0.15, 0.2) is 36.4 Å². The fourth-order valence-corrected chi connectivity index (χ4v) is 2.10. The maximum atomic E-state index is 12.5. The summed E-state index contributed by atoms with van der Waals surface area (Å²) in [6.45, 7) is 0. The van der Waals surface area contributed by atoms with E-state index in [4.69, 9.17) is 0 Å². The number of non-ortho nitro benzene ring substituents is 2. The molecule has 13 nitrogen and oxygen atoms in total. The lowest BCUT2D eigenvalue weighted by molar-refractivity contribution is -0.394. The lowest BCUT2D eigenvalue weighted by Crippen LogP contribution is -2.09. The van der Waals surface area contributed by atoms with Crippen LogP contribution in [-0.4, -0.2) is 25.5 Å². The number of hydrogen-bond donors (Lipinski definition) is 0. The first-order chi connectivity index (χ1) is 12.1. The van der Waals surface area contributed by atoms with Gasteiger partial charge in [-0.3, -0.25) is 45.3 Å². The highest BCUT2D eigenvalue weighted by Crippen LogP contribution is 2.31. The summed E-state index contributed by atoms with van der Waals surface area (Å²) >= 11 is 0. The Morgan fingerprint density at radius 1 is 0.615 bits per heavy atom. The van der Waals surface area contributed by atoms with E-state index in [1.165, 1.54) is 0 Å². The number of carbonyl (C=O) groups excluding carboxylic acids is 1. The van der Waals surface area contributed by atoms with Gasteiger partial charge in [-0.25, -0.2) is 0 Å². The second-order valence-corrected chi connectivity index (χ2v) is 4.76. The van der Waals surface area contributed by atoms with E-state index in [9.17, 15) is 45.3 Å². The standard InChI is InChI=1S/C13H6N4O9/c18-13(9-3-1-7(14(19)20)5-11(9)16(23)24)10-4-2-8(15(21)22)6-12(10)17(25)26/h1-6H. The second-order valence-electron chi connectivity index (χ2n) is 4.76. The fraction of sp³-hybridized carbons (Fsp3) is 0. The second kappa shape index (κ2) is 6.68. The molecule has 0 radical (unpaired) electrons. The minimum atomic E-state index is -1.17. The van der Waals surface area contributed by atoms with Crippen LogP contribution in [0, 0.1) is 40.5 Å². The molecule has 0 unspecified atom stereocenters. The zero-order chi connectivity index (χ0) is 19.6. The largest absolute Gasteiger partial charge is 0.288 e. The molecular weight excluding hydrogens is 356 g/mol. The van der Waals surface area contributed by atoms with Crippen LogP contribution in [0.4, 0.5) is 22.7 Å². The van der Waals surface area contributed by atoms with Gasteiger partial charge < -0.3 is 0 Å². The lowest BCUT2D eigenvalue weighted by atomic mass is 9.99. The van der Waals surface area contributed by atoms with Crippen molar-refractivity contribution in [3.8, 4) is 0 Å². The average Bonchev–Trinajstić information content (AvgIpc) is 2.59. The molecule has 2 aromatic rings. The van der Waals surface area contributed by atoms with Gasteiger partial charge in [0.1, 0.15) is 11.1 Å². The zero-order valence-corrected chi connectivity index (χ0v) is 12.4. The molecule has 0 N–H and O–H groups in total. The molecule has 0 bridgehead atoms. The molecule has 0 aromatic heterocycles. The summed E-state index contributed by atoms with van der Waals surface area (Å²) in [7, 11) is 0. The number of benzene rings is 2. The SMILES string of the molecule is O=C(c1ccc([N+](=O)[O-])cc1[N+](=O)[O-])c1ccc([N+](=O)[O-])cc1[N+](=O)[O-]. The predicted octanol–water partition coefficient (Wildman–Crippen LogP) is 2.55. The molecule has 0 heterocycles. The number of nitro groups is 4. The third-order valence-corrected chi connectivity index (χ3v) is 3.27. The van der Waals surface area contributed by atoms with Crippen molar-refractivity contribution in [3.05, 3.63) is 88.0 Å². The molecule has 0 spiro atoms. The van der Waals surface area contributed by atoms with Crippen LogP contribution in [0.2, 0.25) is 0 Å². The van der Waals surface area contributed by atoms with Gasteiger partial charge >= 0.3 is 0 Å². The summed E-state index contributed by atoms with van der Waals surface area (Å²) in [5, 5.41) is 43.6. The van der Waals surface area contributed by atoms with Gasteiger partial charge in [-0.05, 0) is 12.1 Å². The van der Waals surface area contributed by atoms with E-state index < -0.39 is 59.4 Å². The highest BCUT2D eigenvalue weighted by Gasteiger charge is 2.30.